The van der Waals surface area contributed by atoms with Crippen LogP contribution in [0.5, 0.6) is 0 Å². The molecule has 4 rings (SSSR count). The third kappa shape index (κ3) is 6.50. The number of aryl methyl sites for hydroxylation is 1. The van der Waals surface area contributed by atoms with E-state index >= 15 is 0 Å². The van der Waals surface area contributed by atoms with Gasteiger partial charge < -0.3 is 19.7 Å². The highest BCUT2D eigenvalue weighted by atomic mass is 16.6. The summed E-state index contributed by atoms with van der Waals surface area (Å²) in [5.41, 5.74) is 6.04. The summed E-state index contributed by atoms with van der Waals surface area (Å²) in [5, 5.41) is 3.34. The molecule has 8 heteroatoms. The number of rotatable bonds is 7. The van der Waals surface area contributed by atoms with Crippen LogP contribution < -0.4 is 10.2 Å². The first kappa shape index (κ1) is 28.0. The largest absolute Gasteiger partial charge is 0.465 e. The minimum absolute atomic E-state index is 0.308. The van der Waals surface area contributed by atoms with Gasteiger partial charge in [0, 0.05) is 37.7 Å². The van der Waals surface area contributed by atoms with E-state index in [1.807, 2.05) is 20.8 Å². The maximum Gasteiger partial charge on any atom is 0.410 e. The zero-order valence-electron chi connectivity index (χ0n) is 23.7. The molecule has 1 N–H and O–H groups in total. The van der Waals surface area contributed by atoms with Gasteiger partial charge in [0.05, 0.1) is 30.6 Å². The number of amides is 1. The zero-order valence-corrected chi connectivity index (χ0v) is 23.7. The van der Waals surface area contributed by atoms with Gasteiger partial charge >= 0.3 is 12.1 Å². The summed E-state index contributed by atoms with van der Waals surface area (Å²) < 4.78 is 10.7. The van der Waals surface area contributed by atoms with Crippen molar-refractivity contribution in [3.63, 3.8) is 0 Å². The summed E-state index contributed by atoms with van der Waals surface area (Å²) in [6, 6.07) is 16.3. The molecular weight excluding hydrogens is 492 g/mol. The number of fused-ring (bicyclic) bond motifs is 1. The van der Waals surface area contributed by atoms with Crippen LogP contribution in [0, 0.1) is 0 Å². The predicted molar refractivity (Wildman–Crippen MR) is 154 cm³/mol. The van der Waals surface area contributed by atoms with Crippen molar-refractivity contribution in [3.8, 4) is 0 Å². The van der Waals surface area contributed by atoms with E-state index < -0.39 is 11.6 Å². The van der Waals surface area contributed by atoms with Crippen LogP contribution in [-0.2, 0) is 22.3 Å². The van der Waals surface area contributed by atoms with E-state index in [9.17, 15) is 9.59 Å². The number of benzene rings is 2. The Morgan fingerprint density at radius 2 is 1.82 bits per heavy atom. The number of ether oxygens (including phenoxy) is 2. The second-order valence-corrected chi connectivity index (χ2v) is 10.7. The summed E-state index contributed by atoms with van der Waals surface area (Å²) in [7, 11) is 3.41. The van der Waals surface area contributed by atoms with Crippen molar-refractivity contribution in [3.05, 3.63) is 83.2 Å². The first-order valence-electron chi connectivity index (χ1n) is 13.3. The summed E-state index contributed by atoms with van der Waals surface area (Å²) in [6.45, 7) is 8.63. The molecule has 8 nitrogen and oxygen atoms in total. The fraction of sp³-hybridized carbons (Fsp3) is 0.387. The molecule has 2 aromatic carbocycles. The van der Waals surface area contributed by atoms with E-state index in [2.05, 4.69) is 71.6 Å². The van der Waals surface area contributed by atoms with Crippen LogP contribution in [0.4, 0.5) is 21.9 Å². The number of nitrogens with zero attached hydrogens (tertiary/aromatic N) is 3. The summed E-state index contributed by atoms with van der Waals surface area (Å²) in [4.78, 5) is 33.6. The molecule has 1 aromatic heterocycles. The van der Waals surface area contributed by atoms with Crippen molar-refractivity contribution in [1.82, 2.24) is 9.88 Å². The van der Waals surface area contributed by atoms with Gasteiger partial charge in [0.1, 0.15) is 5.60 Å². The third-order valence-corrected chi connectivity index (χ3v) is 6.94. The van der Waals surface area contributed by atoms with Crippen molar-refractivity contribution in [1.29, 1.82) is 0 Å². The van der Waals surface area contributed by atoms with Gasteiger partial charge in [-0.25, -0.2) is 9.59 Å². The van der Waals surface area contributed by atoms with Crippen LogP contribution in [-0.4, -0.2) is 54.8 Å². The standard InChI is InChI=1S/C31H38N4O4/c1-7-21-8-10-23(11-9-21)34(5)24-12-13-25-22(18-24)15-17-35(30(37)39-31(2,3)4)28(25)20-33-27-19-32-16-14-26(27)29(36)38-6/h8-14,16,18-19,28,33H,7,15,17,20H2,1-6H3/t28-/m0/s1. The quantitative estimate of drug-likeness (QED) is 0.367. The minimum atomic E-state index is -0.614. The highest BCUT2D eigenvalue weighted by Crippen LogP contribution is 2.35. The predicted octanol–water partition coefficient (Wildman–Crippen LogP) is 6.14. The number of hydrogen-bond donors (Lipinski definition) is 1. The molecule has 1 aliphatic rings. The van der Waals surface area contributed by atoms with Gasteiger partial charge in [-0.15, -0.1) is 0 Å². The van der Waals surface area contributed by atoms with Crippen LogP contribution in [0.2, 0.25) is 0 Å². The first-order valence-corrected chi connectivity index (χ1v) is 13.3. The van der Waals surface area contributed by atoms with E-state index in [1.165, 1.54) is 18.2 Å². The van der Waals surface area contributed by atoms with Crippen molar-refractivity contribution in [2.24, 2.45) is 0 Å². The highest BCUT2D eigenvalue weighted by Gasteiger charge is 2.34. The number of pyridine rings is 1. The maximum atomic E-state index is 13.3. The second-order valence-electron chi connectivity index (χ2n) is 10.7. The fourth-order valence-electron chi connectivity index (χ4n) is 4.80. The molecule has 0 radical (unpaired) electrons. The van der Waals surface area contributed by atoms with Gasteiger partial charge in [-0.3, -0.25) is 9.88 Å². The molecule has 0 aliphatic carbocycles. The van der Waals surface area contributed by atoms with Gasteiger partial charge in [0.15, 0.2) is 0 Å². The molecule has 0 unspecified atom stereocenters. The molecule has 1 aliphatic heterocycles. The summed E-state index contributed by atoms with van der Waals surface area (Å²) in [5.74, 6) is -0.451. The molecule has 0 fully saturated rings. The number of carbonyl (C=O) groups excluding carboxylic acids is 2. The number of carbonyl (C=O) groups is 2. The highest BCUT2D eigenvalue weighted by molar-refractivity contribution is 5.95. The van der Waals surface area contributed by atoms with Gasteiger partial charge in [0.2, 0.25) is 0 Å². The molecule has 0 bridgehead atoms. The van der Waals surface area contributed by atoms with Crippen molar-refractivity contribution in [2.45, 2.75) is 52.2 Å². The topological polar surface area (TPSA) is 84.0 Å². The van der Waals surface area contributed by atoms with Crippen LogP contribution in [0.3, 0.4) is 0 Å². The number of anilines is 3. The molecule has 2 heterocycles. The van der Waals surface area contributed by atoms with Crippen LogP contribution in [0.25, 0.3) is 0 Å². The molecule has 39 heavy (non-hydrogen) atoms. The van der Waals surface area contributed by atoms with Crippen molar-refractivity contribution < 1.29 is 19.1 Å². The SMILES string of the molecule is CCc1ccc(N(C)c2ccc3c(c2)CCN(C(=O)OC(C)(C)C)[C@H]3CNc2cnccc2C(=O)OC)cc1. The molecule has 206 valence electrons. The fourth-order valence-corrected chi connectivity index (χ4v) is 4.80. The van der Waals surface area contributed by atoms with E-state index in [0.29, 0.717) is 30.8 Å². The Labute approximate surface area is 230 Å². The van der Waals surface area contributed by atoms with E-state index in [1.54, 1.807) is 23.4 Å². The molecular formula is C31H38N4O4. The van der Waals surface area contributed by atoms with Crippen LogP contribution in [0.15, 0.2) is 60.9 Å². The Bertz CT molecular complexity index is 1320. The number of aromatic nitrogens is 1. The Balaban J connectivity index is 1.64. The third-order valence-electron chi connectivity index (χ3n) is 6.94. The molecule has 0 spiro atoms. The smallest absolute Gasteiger partial charge is 0.410 e. The monoisotopic (exact) mass is 530 g/mol. The Hall–Kier alpha value is -4.07. The summed E-state index contributed by atoms with van der Waals surface area (Å²) >= 11 is 0. The molecule has 1 amide bonds. The van der Waals surface area contributed by atoms with E-state index in [-0.39, 0.29) is 12.1 Å². The van der Waals surface area contributed by atoms with Crippen LogP contribution in [0.1, 0.15) is 60.8 Å². The molecule has 0 saturated carbocycles. The van der Waals surface area contributed by atoms with Crippen molar-refractivity contribution in [2.75, 3.05) is 37.5 Å². The number of esters is 1. The van der Waals surface area contributed by atoms with E-state index in [4.69, 9.17) is 9.47 Å². The number of nitrogens with one attached hydrogen (secondary N) is 1. The second kappa shape index (κ2) is 11.8. The normalized spacial score (nSPS) is 14.8. The lowest BCUT2D eigenvalue weighted by Gasteiger charge is -2.39. The molecule has 0 saturated heterocycles. The first-order chi connectivity index (χ1) is 18.6. The number of hydrogen-bond acceptors (Lipinski definition) is 7. The number of methoxy groups -OCH3 is 1. The van der Waals surface area contributed by atoms with Gasteiger partial charge in [-0.05, 0) is 80.6 Å². The Morgan fingerprint density at radius 3 is 2.49 bits per heavy atom. The van der Waals surface area contributed by atoms with Gasteiger partial charge in [-0.2, -0.15) is 0 Å². The molecule has 3 aromatic rings. The minimum Gasteiger partial charge on any atom is -0.465 e. The van der Waals surface area contributed by atoms with Crippen LogP contribution >= 0.6 is 0 Å². The lowest BCUT2D eigenvalue weighted by atomic mass is 9.91. The van der Waals surface area contributed by atoms with Crippen molar-refractivity contribution >= 4 is 29.1 Å². The Kier molecular flexibility index (Phi) is 8.43. The maximum absolute atomic E-state index is 13.3. The Morgan fingerprint density at radius 1 is 1.10 bits per heavy atom. The average molecular weight is 531 g/mol. The van der Waals surface area contributed by atoms with Gasteiger partial charge in [0.25, 0.3) is 0 Å². The average Bonchev–Trinajstić information content (AvgIpc) is 2.93. The molecule has 1 atom stereocenters. The van der Waals surface area contributed by atoms with Gasteiger partial charge in [-0.1, -0.05) is 25.1 Å². The lowest BCUT2D eigenvalue weighted by molar-refractivity contribution is 0.0153. The zero-order chi connectivity index (χ0) is 28.2. The summed E-state index contributed by atoms with van der Waals surface area (Å²) in [6.07, 6.45) is 4.50. The van der Waals surface area contributed by atoms with E-state index in [0.717, 1.165) is 23.4 Å². The lowest BCUT2D eigenvalue weighted by Crippen LogP contribution is -2.45.